The standard InChI is InChI=1S/C13H24N2O3/c1-9(2)6-15-8-10(3)7-14(4)11(13(15)18)5-12(16)17/h9-11H,5-8H2,1-4H3,(H,16,17). The summed E-state index contributed by atoms with van der Waals surface area (Å²) in [7, 11) is 1.83. The number of carboxylic acids is 1. The highest BCUT2D eigenvalue weighted by Gasteiger charge is 2.34. The molecule has 0 aromatic rings. The van der Waals surface area contributed by atoms with Crippen LogP contribution < -0.4 is 0 Å². The van der Waals surface area contributed by atoms with E-state index < -0.39 is 12.0 Å². The zero-order valence-corrected chi connectivity index (χ0v) is 11.7. The molecule has 104 valence electrons. The third kappa shape index (κ3) is 3.98. The van der Waals surface area contributed by atoms with Gasteiger partial charge in [-0.2, -0.15) is 0 Å². The Morgan fingerprint density at radius 2 is 2.06 bits per heavy atom. The SMILES string of the molecule is CC(C)CN1CC(C)CN(C)C(CC(=O)O)C1=O. The molecule has 1 fully saturated rings. The van der Waals surface area contributed by atoms with Crippen molar-refractivity contribution in [2.45, 2.75) is 33.2 Å². The molecule has 1 saturated heterocycles. The molecule has 0 radical (unpaired) electrons. The van der Waals surface area contributed by atoms with E-state index in [1.54, 1.807) is 0 Å². The van der Waals surface area contributed by atoms with E-state index in [1.165, 1.54) is 0 Å². The summed E-state index contributed by atoms with van der Waals surface area (Å²) >= 11 is 0. The van der Waals surface area contributed by atoms with Gasteiger partial charge in [-0.25, -0.2) is 0 Å². The van der Waals surface area contributed by atoms with Crippen molar-refractivity contribution in [3.63, 3.8) is 0 Å². The maximum absolute atomic E-state index is 12.4. The van der Waals surface area contributed by atoms with Crippen molar-refractivity contribution in [1.82, 2.24) is 9.80 Å². The van der Waals surface area contributed by atoms with Gasteiger partial charge in [0.25, 0.3) is 0 Å². The normalized spacial score (nSPS) is 26.5. The van der Waals surface area contributed by atoms with Crippen LogP contribution in [-0.2, 0) is 9.59 Å². The Bertz CT molecular complexity index is 317. The summed E-state index contributed by atoms with van der Waals surface area (Å²) in [6.45, 7) is 8.42. The van der Waals surface area contributed by atoms with Crippen LogP contribution in [0.25, 0.3) is 0 Å². The number of carbonyl (C=O) groups is 2. The van der Waals surface area contributed by atoms with E-state index in [0.29, 0.717) is 18.4 Å². The zero-order chi connectivity index (χ0) is 13.9. The number of likely N-dealkylation sites (N-methyl/N-ethyl adjacent to an activating group) is 1. The second kappa shape index (κ2) is 6.18. The van der Waals surface area contributed by atoms with Gasteiger partial charge in [-0.3, -0.25) is 14.5 Å². The third-order valence-electron chi connectivity index (χ3n) is 3.21. The van der Waals surface area contributed by atoms with Crippen molar-refractivity contribution in [2.75, 3.05) is 26.7 Å². The van der Waals surface area contributed by atoms with Gasteiger partial charge < -0.3 is 10.0 Å². The summed E-state index contributed by atoms with van der Waals surface area (Å²) in [5.74, 6) is -0.191. The summed E-state index contributed by atoms with van der Waals surface area (Å²) in [5, 5.41) is 8.93. The molecule has 1 aliphatic heterocycles. The number of hydrogen-bond acceptors (Lipinski definition) is 3. The summed E-state index contributed by atoms with van der Waals surface area (Å²) in [5.41, 5.74) is 0. The molecular weight excluding hydrogens is 232 g/mol. The Hall–Kier alpha value is -1.10. The molecule has 0 aromatic carbocycles. The molecule has 1 rings (SSSR count). The van der Waals surface area contributed by atoms with Crippen LogP contribution in [0.15, 0.2) is 0 Å². The summed E-state index contributed by atoms with van der Waals surface area (Å²) in [6.07, 6.45) is -0.114. The summed E-state index contributed by atoms with van der Waals surface area (Å²) < 4.78 is 0. The fraction of sp³-hybridized carbons (Fsp3) is 0.846. The second-order valence-corrected chi connectivity index (χ2v) is 5.80. The predicted molar refractivity (Wildman–Crippen MR) is 69.3 cm³/mol. The van der Waals surface area contributed by atoms with Crippen LogP contribution in [0, 0.1) is 11.8 Å². The molecule has 18 heavy (non-hydrogen) atoms. The van der Waals surface area contributed by atoms with Gasteiger partial charge in [0.05, 0.1) is 12.5 Å². The van der Waals surface area contributed by atoms with E-state index in [0.717, 1.165) is 13.1 Å². The maximum Gasteiger partial charge on any atom is 0.305 e. The number of amides is 1. The largest absolute Gasteiger partial charge is 0.481 e. The minimum absolute atomic E-state index is 0.0436. The summed E-state index contributed by atoms with van der Waals surface area (Å²) in [4.78, 5) is 27.0. The first-order valence-electron chi connectivity index (χ1n) is 6.52. The monoisotopic (exact) mass is 256 g/mol. The third-order valence-corrected chi connectivity index (χ3v) is 3.21. The van der Waals surface area contributed by atoms with E-state index in [1.807, 2.05) is 16.8 Å². The Morgan fingerprint density at radius 3 is 2.56 bits per heavy atom. The smallest absolute Gasteiger partial charge is 0.305 e. The number of carboxylic acid groups (broad SMARTS) is 1. The van der Waals surface area contributed by atoms with Crippen molar-refractivity contribution in [3.8, 4) is 0 Å². The van der Waals surface area contributed by atoms with Crippen LogP contribution in [0.2, 0.25) is 0 Å². The first-order chi connectivity index (χ1) is 8.31. The van der Waals surface area contributed by atoms with Gasteiger partial charge in [0.2, 0.25) is 5.91 Å². The Morgan fingerprint density at radius 1 is 1.44 bits per heavy atom. The lowest BCUT2D eigenvalue weighted by atomic mass is 10.1. The highest BCUT2D eigenvalue weighted by molar-refractivity contribution is 5.86. The van der Waals surface area contributed by atoms with E-state index in [9.17, 15) is 9.59 Å². The minimum atomic E-state index is -0.917. The van der Waals surface area contributed by atoms with Crippen LogP contribution in [0.4, 0.5) is 0 Å². The molecule has 0 aromatic heterocycles. The van der Waals surface area contributed by atoms with Crippen LogP contribution in [-0.4, -0.2) is 59.5 Å². The van der Waals surface area contributed by atoms with Crippen molar-refractivity contribution in [1.29, 1.82) is 0 Å². The van der Waals surface area contributed by atoms with Gasteiger partial charge >= 0.3 is 5.97 Å². The molecule has 1 N–H and O–H groups in total. The number of aliphatic carboxylic acids is 1. The quantitative estimate of drug-likeness (QED) is 0.811. The van der Waals surface area contributed by atoms with Crippen LogP contribution >= 0.6 is 0 Å². The topological polar surface area (TPSA) is 60.9 Å². The van der Waals surface area contributed by atoms with E-state index in [-0.39, 0.29) is 12.3 Å². The highest BCUT2D eigenvalue weighted by atomic mass is 16.4. The lowest BCUT2D eigenvalue weighted by molar-refractivity contribution is -0.144. The number of rotatable bonds is 4. The molecule has 5 heteroatoms. The van der Waals surface area contributed by atoms with Gasteiger partial charge in [-0.15, -0.1) is 0 Å². The summed E-state index contributed by atoms with van der Waals surface area (Å²) in [6, 6.07) is -0.522. The average Bonchev–Trinajstić information content (AvgIpc) is 2.29. The van der Waals surface area contributed by atoms with Gasteiger partial charge in [0, 0.05) is 19.6 Å². The van der Waals surface area contributed by atoms with E-state index >= 15 is 0 Å². The molecule has 1 aliphatic rings. The fourth-order valence-corrected chi connectivity index (χ4v) is 2.56. The van der Waals surface area contributed by atoms with Gasteiger partial charge in [0.1, 0.15) is 0 Å². The van der Waals surface area contributed by atoms with Crippen molar-refractivity contribution >= 4 is 11.9 Å². The van der Waals surface area contributed by atoms with E-state index in [2.05, 4.69) is 20.8 Å². The molecule has 0 saturated carbocycles. The van der Waals surface area contributed by atoms with Crippen molar-refractivity contribution < 1.29 is 14.7 Å². The zero-order valence-electron chi connectivity index (χ0n) is 11.7. The average molecular weight is 256 g/mol. The Kier molecular flexibility index (Phi) is 5.14. The lowest BCUT2D eigenvalue weighted by Gasteiger charge is -2.28. The van der Waals surface area contributed by atoms with Crippen LogP contribution in [0.3, 0.4) is 0 Å². The Labute approximate surface area is 109 Å². The van der Waals surface area contributed by atoms with Gasteiger partial charge in [-0.1, -0.05) is 20.8 Å². The van der Waals surface area contributed by atoms with Crippen molar-refractivity contribution in [2.24, 2.45) is 11.8 Å². The fourth-order valence-electron chi connectivity index (χ4n) is 2.56. The van der Waals surface area contributed by atoms with Gasteiger partial charge in [-0.05, 0) is 18.9 Å². The van der Waals surface area contributed by atoms with Crippen molar-refractivity contribution in [3.05, 3.63) is 0 Å². The van der Waals surface area contributed by atoms with Crippen LogP contribution in [0.1, 0.15) is 27.2 Å². The molecular formula is C13H24N2O3. The number of nitrogens with zero attached hydrogens (tertiary/aromatic N) is 2. The van der Waals surface area contributed by atoms with E-state index in [4.69, 9.17) is 5.11 Å². The molecule has 5 nitrogen and oxygen atoms in total. The number of hydrogen-bond donors (Lipinski definition) is 1. The first kappa shape index (κ1) is 15.0. The second-order valence-electron chi connectivity index (χ2n) is 5.80. The Balaban J connectivity index is 2.86. The molecule has 2 atom stereocenters. The maximum atomic E-state index is 12.4. The predicted octanol–water partition coefficient (Wildman–Crippen LogP) is 0.896. The number of carbonyl (C=O) groups excluding carboxylic acids is 1. The molecule has 1 amide bonds. The first-order valence-corrected chi connectivity index (χ1v) is 6.52. The highest BCUT2D eigenvalue weighted by Crippen LogP contribution is 2.17. The molecule has 2 unspecified atom stereocenters. The lowest BCUT2D eigenvalue weighted by Crippen LogP contribution is -2.46. The van der Waals surface area contributed by atoms with Gasteiger partial charge in [0.15, 0.2) is 0 Å². The molecule has 0 spiro atoms. The molecule has 0 bridgehead atoms. The minimum Gasteiger partial charge on any atom is -0.481 e. The molecule has 0 aliphatic carbocycles. The van der Waals surface area contributed by atoms with Crippen LogP contribution in [0.5, 0.6) is 0 Å². The molecule has 1 heterocycles.